The smallest absolute Gasteiger partial charge is 0.243 e. The molecule has 1 heterocycles. The Morgan fingerprint density at radius 3 is 1.95 bits per heavy atom. The quantitative estimate of drug-likeness (QED) is 0.782. The average Bonchev–Trinajstić information content (AvgIpc) is 2.33. The van der Waals surface area contributed by atoms with Crippen molar-refractivity contribution >= 4 is 6.29 Å². The van der Waals surface area contributed by atoms with Crippen LogP contribution in [0.1, 0.15) is 65.9 Å². The summed E-state index contributed by atoms with van der Waals surface area (Å²) in [6, 6.07) is 0. The van der Waals surface area contributed by atoms with Crippen LogP contribution in [0.2, 0.25) is 0 Å². The molecule has 0 aliphatic heterocycles. The van der Waals surface area contributed by atoms with E-state index in [4.69, 9.17) is 4.74 Å². The lowest BCUT2D eigenvalue weighted by Gasteiger charge is -2.49. The van der Waals surface area contributed by atoms with Gasteiger partial charge in [0.05, 0.1) is 0 Å². The van der Waals surface area contributed by atoms with Gasteiger partial charge in [-0.25, -0.2) is 9.97 Å². The first-order chi connectivity index (χ1) is 9.41. The Balaban J connectivity index is 3.26. The van der Waals surface area contributed by atoms with Crippen LogP contribution in [0.15, 0.2) is 12.4 Å². The molecular formula is C17H28N2O2. The molecule has 1 aromatic heterocycles. The Kier molecular flexibility index (Phi) is 4.81. The van der Waals surface area contributed by atoms with Gasteiger partial charge in [0.1, 0.15) is 6.10 Å². The van der Waals surface area contributed by atoms with E-state index in [0.29, 0.717) is 12.2 Å². The van der Waals surface area contributed by atoms with Gasteiger partial charge in [0, 0.05) is 17.8 Å². The highest BCUT2D eigenvalue weighted by Crippen LogP contribution is 2.47. The van der Waals surface area contributed by atoms with Gasteiger partial charge in [-0.2, -0.15) is 0 Å². The Bertz CT molecular complexity index is 496. The molecule has 118 valence electrons. The average molecular weight is 292 g/mol. The molecule has 1 unspecified atom stereocenters. The SMILES string of the molecule is CC(C)(C)C(Oc1nccnc1C=O)C(C)(C)C(C)(C)C. The summed E-state index contributed by atoms with van der Waals surface area (Å²) >= 11 is 0. The molecular weight excluding hydrogens is 264 g/mol. The Morgan fingerprint density at radius 1 is 1.00 bits per heavy atom. The number of aldehydes is 1. The third-order valence-corrected chi connectivity index (χ3v) is 4.41. The van der Waals surface area contributed by atoms with Crippen molar-refractivity contribution in [2.24, 2.45) is 16.2 Å². The molecule has 1 rings (SSSR count). The first-order valence-corrected chi connectivity index (χ1v) is 7.34. The van der Waals surface area contributed by atoms with Crippen LogP contribution >= 0.6 is 0 Å². The van der Waals surface area contributed by atoms with Crippen molar-refractivity contribution in [3.05, 3.63) is 18.1 Å². The zero-order chi connectivity index (χ0) is 16.5. The second-order valence-electron chi connectivity index (χ2n) is 8.20. The number of ether oxygens (including phenoxy) is 1. The van der Waals surface area contributed by atoms with Crippen LogP contribution in [-0.4, -0.2) is 22.4 Å². The van der Waals surface area contributed by atoms with Crippen LogP contribution in [0.5, 0.6) is 5.88 Å². The summed E-state index contributed by atoms with van der Waals surface area (Å²) in [6.07, 6.45) is 3.62. The first-order valence-electron chi connectivity index (χ1n) is 7.34. The molecule has 0 N–H and O–H groups in total. The van der Waals surface area contributed by atoms with Gasteiger partial charge in [0.25, 0.3) is 0 Å². The second kappa shape index (κ2) is 5.74. The normalized spacial score (nSPS) is 14.7. The number of nitrogens with zero attached hydrogens (tertiary/aromatic N) is 2. The van der Waals surface area contributed by atoms with Crippen molar-refractivity contribution in [3.63, 3.8) is 0 Å². The largest absolute Gasteiger partial charge is 0.472 e. The van der Waals surface area contributed by atoms with E-state index in [2.05, 4.69) is 65.4 Å². The number of carbonyl (C=O) groups is 1. The third kappa shape index (κ3) is 3.80. The summed E-state index contributed by atoms with van der Waals surface area (Å²) in [5, 5.41) is 0. The molecule has 0 radical (unpaired) electrons. The molecule has 4 heteroatoms. The van der Waals surface area contributed by atoms with E-state index in [-0.39, 0.29) is 28.0 Å². The highest BCUT2D eigenvalue weighted by Gasteiger charge is 2.47. The van der Waals surface area contributed by atoms with Crippen molar-refractivity contribution < 1.29 is 9.53 Å². The molecule has 0 spiro atoms. The molecule has 0 fully saturated rings. The lowest BCUT2D eigenvalue weighted by atomic mass is 9.60. The summed E-state index contributed by atoms with van der Waals surface area (Å²) < 4.78 is 6.19. The molecule has 1 aromatic rings. The molecule has 0 aliphatic carbocycles. The van der Waals surface area contributed by atoms with Crippen molar-refractivity contribution in [2.45, 2.75) is 61.5 Å². The maximum atomic E-state index is 11.1. The summed E-state index contributed by atoms with van der Waals surface area (Å²) in [5.74, 6) is 0.310. The van der Waals surface area contributed by atoms with Crippen LogP contribution in [0.4, 0.5) is 0 Å². The van der Waals surface area contributed by atoms with Crippen LogP contribution in [0.3, 0.4) is 0 Å². The van der Waals surface area contributed by atoms with Gasteiger partial charge in [-0.05, 0) is 10.8 Å². The molecule has 4 nitrogen and oxygen atoms in total. The van der Waals surface area contributed by atoms with Crippen molar-refractivity contribution in [3.8, 4) is 5.88 Å². The fourth-order valence-corrected chi connectivity index (χ4v) is 2.42. The van der Waals surface area contributed by atoms with E-state index >= 15 is 0 Å². The van der Waals surface area contributed by atoms with E-state index in [0.717, 1.165) is 0 Å². The highest BCUT2D eigenvalue weighted by molar-refractivity contribution is 5.74. The number of rotatable bonds is 4. The summed E-state index contributed by atoms with van der Waals surface area (Å²) in [6.45, 7) is 17.4. The van der Waals surface area contributed by atoms with Gasteiger partial charge in [-0.15, -0.1) is 0 Å². The minimum absolute atomic E-state index is 0.0362. The van der Waals surface area contributed by atoms with Gasteiger partial charge in [-0.1, -0.05) is 55.4 Å². The van der Waals surface area contributed by atoms with Crippen molar-refractivity contribution in [2.75, 3.05) is 0 Å². The molecule has 0 saturated carbocycles. The second-order valence-corrected chi connectivity index (χ2v) is 8.20. The topological polar surface area (TPSA) is 52.1 Å². The fourth-order valence-electron chi connectivity index (χ4n) is 2.42. The summed E-state index contributed by atoms with van der Waals surface area (Å²) in [4.78, 5) is 19.3. The molecule has 0 aliphatic rings. The van der Waals surface area contributed by atoms with E-state index in [1.165, 1.54) is 6.20 Å². The highest BCUT2D eigenvalue weighted by atomic mass is 16.5. The Morgan fingerprint density at radius 2 is 1.52 bits per heavy atom. The lowest BCUT2D eigenvalue weighted by Crippen LogP contribution is -2.51. The first kappa shape index (κ1) is 17.6. The van der Waals surface area contributed by atoms with E-state index < -0.39 is 0 Å². The molecule has 0 saturated heterocycles. The zero-order valence-electron chi connectivity index (χ0n) is 14.5. The number of carbonyl (C=O) groups excluding carboxylic acids is 1. The number of hydrogen-bond acceptors (Lipinski definition) is 4. The van der Waals surface area contributed by atoms with Crippen molar-refractivity contribution in [1.82, 2.24) is 9.97 Å². The fraction of sp³-hybridized carbons (Fsp3) is 0.706. The van der Waals surface area contributed by atoms with E-state index in [1.807, 2.05) is 0 Å². The third-order valence-electron chi connectivity index (χ3n) is 4.41. The van der Waals surface area contributed by atoms with Crippen LogP contribution in [-0.2, 0) is 0 Å². The minimum Gasteiger partial charge on any atom is -0.472 e. The minimum atomic E-state index is -0.122. The van der Waals surface area contributed by atoms with Gasteiger partial charge in [0.2, 0.25) is 5.88 Å². The maximum absolute atomic E-state index is 11.1. The molecule has 0 amide bonds. The predicted molar refractivity (Wildman–Crippen MR) is 84.5 cm³/mol. The van der Waals surface area contributed by atoms with Gasteiger partial charge in [0.15, 0.2) is 12.0 Å². The Hall–Kier alpha value is -1.45. The molecule has 21 heavy (non-hydrogen) atoms. The van der Waals surface area contributed by atoms with Gasteiger partial charge < -0.3 is 4.74 Å². The van der Waals surface area contributed by atoms with E-state index in [1.54, 1.807) is 6.20 Å². The van der Waals surface area contributed by atoms with E-state index in [9.17, 15) is 4.79 Å². The van der Waals surface area contributed by atoms with Crippen molar-refractivity contribution in [1.29, 1.82) is 0 Å². The summed E-state index contributed by atoms with van der Waals surface area (Å²) in [5.41, 5.74) is 0.0581. The monoisotopic (exact) mass is 292 g/mol. The van der Waals surface area contributed by atoms with Crippen LogP contribution in [0.25, 0.3) is 0 Å². The zero-order valence-corrected chi connectivity index (χ0v) is 14.5. The summed E-state index contributed by atoms with van der Waals surface area (Å²) in [7, 11) is 0. The molecule has 0 aromatic carbocycles. The van der Waals surface area contributed by atoms with Gasteiger partial charge in [-0.3, -0.25) is 4.79 Å². The lowest BCUT2D eigenvalue weighted by molar-refractivity contribution is -0.0718. The molecule has 0 bridgehead atoms. The molecule has 1 atom stereocenters. The van der Waals surface area contributed by atoms with Gasteiger partial charge >= 0.3 is 0 Å². The number of hydrogen-bond donors (Lipinski definition) is 0. The van der Waals surface area contributed by atoms with Crippen LogP contribution < -0.4 is 4.74 Å². The van der Waals surface area contributed by atoms with Crippen LogP contribution in [0, 0.1) is 16.2 Å². The Labute approximate surface area is 128 Å². The predicted octanol–water partition coefficient (Wildman–Crippen LogP) is 4.15. The maximum Gasteiger partial charge on any atom is 0.243 e. The standard InChI is InChI=1S/C17H28N2O2/c1-15(2,3)14(17(7,8)16(4,5)6)21-13-12(11-20)18-9-10-19-13/h9-11,14H,1-8H3. The number of aromatic nitrogens is 2.